The van der Waals surface area contributed by atoms with Crippen LogP contribution < -0.4 is 0 Å². The Kier molecular flexibility index (Phi) is 4.74. The van der Waals surface area contributed by atoms with E-state index < -0.39 is 0 Å². The molecule has 0 aromatic carbocycles. The fraction of sp³-hybridized carbons (Fsp3) is 0.688. The monoisotopic (exact) mass is 338 g/mol. The van der Waals surface area contributed by atoms with Gasteiger partial charge in [0.05, 0.1) is 13.2 Å². The third kappa shape index (κ3) is 3.23. The molecular formula is C16H23BrN2O. The molecule has 2 fully saturated rings. The van der Waals surface area contributed by atoms with Crippen LogP contribution in [-0.4, -0.2) is 42.2 Å². The van der Waals surface area contributed by atoms with Crippen molar-refractivity contribution < 1.29 is 4.74 Å². The number of rotatable bonds is 2. The molecule has 3 nitrogen and oxygen atoms in total. The molecule has 0 N–H and O–H groups in total. The summed E-state index contributed by atoms with van der Waals surface area (Å²) in [7, 11) is 0. The number of aromatic nitrogens is 1. The molecule has 0 radical (unpaired) electrons. The first-order valence-corrected chi connectivity index (χ1v) is 8.47. The zero-order valence-electron chi connectivity index (χ0n) is 12.1. The van der Waals surface area contributed by atoms with Crippen LogP contribution >= 0.6 is 15.9 Å². The van der Waals surface area contributed by atoms with Crippen LogP contribution in [0.1, 0.15) is 42.9 Å². The van der Waals surface area contributed by atoms with Gasteiger partial charge in [-0.2, -0.15) is 0 Å². The zero-order valence-corrected chi connectivity index (χ0v) is 13.7. The summed E-state index contributed by atoms with van der Waals surface area (Å²) in [4.78, 5) is 7.29. The molecule has 1 aromatic heterocycles. The van der Waals surface area contributed by atoms with E-state index in [2.05, 4.69) is 38.8 Å². The van der Waals surface area contributed by atoms with Gasteiger partial charge in [-0.05, 0) is 60.2 Å². The molecule has 1 saturated heterocycles. The van der Waals surface area contributed by atoms with Gasteiger partial charge in [-0.25, -0.2) is 0 Å². The van der Waals surface area contributed by atoms with Crippen molar-refractivity contribution in [2.45, 2.75) is 44.6 Å². The Labute approximate surface area is 129 Å². The van der Waals surface area contributed by atoms with Gasteiger partial charge in [-0.3, -0.25) is 9.88 Å². The second-order valence-corrected chi connectivity index (χ2v) is 6.93. The van der Waals surface area contributed by atoms with E-state index in [1.807, 2.05) is 6.20 Å². The Morgan fingerprint density at radius 2 is 1.90 bits per heavy atom. The number of pyridine rings is 1. The molecule has 0 unspecified atom stereocenters. The second kappa shape index (κ2) is 6.54. The Balaban J connectivity index is 1.60. The molecule has 1 aromatic rings. The molecular weight excluding hydrogens is 316 g/mol. The third-order valence-electron chi connectivity index (χ3n) is 4.73. The number of hydrogen-bond acceptors (Lipinski definition) is 3. The van der Waals surface area contributed by atoms with Crippen LogP contribution in [0.15, 0.2) is 16.7 Å². The summed E-state index contributed by atoms with van der Waals surface area (Å²) in [5.74, 6) is 0.653. The molecule has 1 saturated carbocycles. The van der Waals surface area contributed by atoms with E-state index in [0.717, 1.165) is 36.8 Å². The standard InChI is InChI=1S/C16H23BrN2O/c1-12-10-14(17)11-18-16(12)13-2-4-15(5-3-13)19-6-8-20-9-7-19/h10-11,13,15H,2-9H2,1H3. The van der Waals surface area contributed by atoms with Crippen LogP contribution in [0.4, 0.5) is 0 Å². The lowest BCUT2D eigenvalue weighted by molar-refractivity contribution is 0.00719. The lowest BCUT2D eigenvalue weighted by atomic mass is 9.82. The highest BCUT2D eigenvalue weighted by atomic mass is 79.9. The molecule has 0 amide bonds. The van der Waals surface area contributed by atoms with E-state index in [9.17, 15) is 0 Å². The van der Waals surface area contributed by atoms with Gasteiger partial charge in [0.2, 0.25) is 0 Å². The zero-order chi connectivity index (χ0) is 13.9. The van der Waals surface area contributed by atoms with Gasteiger partial charge in [0.1, 0.15) is 0 Å². The van der Waals surface area contributed by atoms with Crippen LogP contribution in [0, 0.1) is 6.92 Å². The molecule has 2 aliphatic rings. The van der Waals surface area contributed by atoms with E-state index in [4.69, 9.17) is 4.74 Å². The molecule has 110 valence electrons. The molecule has 0 atom stereocenters. The maximum absolute atomic E-state index is 5.45. The topological polar surface area (TPSA) is 25.4 Å². The minimum atomic E-state index is 0.653. The van der Waals surface area contributed by atoms with E-state index in [0.29, 0.717) is 5.92 Å². The average molecular weight is 339 g/mol. The molecule has 4 heteroatoms. The molecule has 1 aliphatic heterocycles. The number of ether oxygens (including phenoxy) is 1. The minimum Gasteiger partial charge on any atom is -0.379 e. The quantitative estimate of drug-likeness (QED) is 0.825. The van der Waals surface area contributed by atoms with Gasteiger partial charge in [0.25, 0.3) is 0 Å². The predicted molar refractivity (Wildman–Crippen MR) is 84.1 cm³/mol. The molecule has 2 heterocycles. The summed E-state index contributed by atoms with van der Waals surface area (Å²) in [5.41, 5.74) is 2.64. The molecule has 1 aliphatic carbocycles. The number of morpholine rings is 1. The van der Waals surface area contributed by atoms with Crippen molar-refractivity contribution in [1.29, 1.82) is 0 Å². The number of hydrogen-bond donors (Lipinski definition) is 0. The lowest BCUT2D eigenvalue weighted by Crippen LogP contribution is -2.44. The first kappa shape index (κ1) is 14.5. The fourth-order valence-electron chi connectivity index (χ4n) is 3.64. The number of nitrogens with zero attached hydrogens (tertiary/aromatic N) is 2. The van der Waals surface area contributed by atoms with Gasteiger partial charge >= 0.3 is 0 Å². The highest BCUT2D eigenvalue weighted by molar-refractivity contribution is 9.10. The molecule has 0 spiro atoms. The Hall–Kier alpha value is -0.450. The minimum absolute atomic E-state index is 0.653. The van der Waals surface area contributed by atoms with E-state index in [1.165, 1.54) is 36.9 Å². The van der Waals surface area contributed by atoms with Crippen molar-refractivity contribution in [3.05, 3.63) is 28.0 Å². The van der Waals surface area contributed by atoms with E-state index in [1.54, 1.807) is 0 Å². The Morgan fingerprint density at radius 3 is 2.55 bits per heavy atom. The van der Waals surface area contributed by atoms with Crippen molar-refractivity contribution in [3.63, 3.8) is 0 Å². The number of halogens is 1. The lowest BCUT2D eigenvalue weighted by Gasteiger charge is -2.38. The van der Waals surface area contributed by atoms with Crippen molar-refractivity contribution in [1.82, 2.24) is 9.88 Å². The summed E-state index contributed by atoms with van der Waals surface area (Å²) in [6, 6.07) is 2.96. The Bertz CT molecular complexity index is 452. The molecule has 20 heavy (non-hydrogen) atoms. The highest BCUT2D eigenvalue weighted by Gasteiger charge is 2.28. The van der Waals surface area contributed by atoms with Crippen LogP contribution in [0.2, 0.25) is 0 Å². The fourth-order valence-corrected chi connectivity index (χ4v) is 4.08. The summed E-state index contributed by atoms with van der Waals surface area (Å²) in [6.07, 6.45) is 7.11. The van der Waals surface area contributed by atoms with Crippen molar-refractivity contribution in [2.75, 3.05) is 26.3 Å². The molecule has 0 bridgehead atoms. The highest BCUT2D eigenvalue weighted by Crippen LogP contribution is 2.35. The van der Waals surface area contributed by atoms with Crippen molar-refractivity contribution in [2.24, 2.45) is 0 Å². The van der Waals surface area contributed by atoms with Crippen LogP contribution in [0.25, 0.3) is 0 Å². The first-order valence-electron chi connectivity index (χ1n) is 7.68. The van der Waals surface area contributed by atoms with Crippen LogP contribution in [-0.2, 0) is 4.74 Å². The molecule has 3 rings (SSSR count). The van der Waals surface area contributed by atoms with Crippen molar-refractivity contribution >= 4 is 15.9 Å². The van der Waals surface area contributed by atoms with Crippen LogP contribution in [0.3, 0.4) is 0 Å². The maximum atomic E-state index is 5.45. The van der Waals surface area contributed by atoms with Crippen LogP contribution in [0.5, 0.6) is 0 Å². The largest absolute Gasteiger partial charge is 0.379 e. The van der Waals surface area contributed by atoms with Crippen molar-refractivity contribution in [3.8, 4) is 0 Å². The van der Waals surface area contributed by atoms with Gasteiger partial charge in [-0.1, -0.05) is 0 Å². The maximum Gasteiger partial charge on any atom is 0.0594 e. The SMILES string of the molecule is Cc1cc(Br)cnc1C1CCC(N2CCOCC2)CC1. The van der Waals surface area contributed by atoms with E-state index in [-0.39, 0.29) is 0 Å². The van der Waals surface area contributed by atoms with E-state index >= 15 is 0 Å². The Morgan fingerprint density at radius 1 is 1.20 bits per heavy atom. The summed E-state index contributed by atoms with van der Waals surface area (Å²) < 4.78 is 6.54. The van der Waals surface area contributed by atoms with Gasteiger partial charge in [-0.15, -0.1) is 0 Å². The number of aryl methyl sites for hydroxylation is 1. The summed E-state index contributed by atoms with van der Waals surface area (Å²) in [6.45, 7) is 6.23. The normalized spacial score (nSPS) is 28.5. The second-order valence-electron chi connectivity index (χ2n) is 6.01. The van der Waals surface area contributed by atoms with Gasteiger partial charge < -0.3 is 4.74 Å². The summed E-state index contributed by atoms with van der Waals surface area (Å²) in [5, 5.41) is 0. The third-order valence-corrected chi connectivity index (χ3v) is 5.16. The smallest absolute Gasteiger partial charge is 0.0594 e. The van der Waals surface area contributed by atoms with Gasteiger partial charge in [0, 0.05) is 41.4 Å². The average Bonchev–Trinajstić information content (AvgIpc) is 2.48. The van der Waals surface area contributed by atoms with Gasteiger partial charge in [0.15, 0.2) is 0 Å². The predicted octanol–water partition coefficient (Wildman–Crippen LogP) is 3.51. The summed E-state index contributed by atoms with van der Waals surface area (Å²) >= 11 is 3.50. The first-order chi connectivity index (χ1) is 9.74.